The maximum absolute atomic E-state index is 15.0. The predicted molar refractivity (Wildman–Crippen MR) is 166 cm³/mol. The maximum Gasteiger partial charge on any atom is 0.238 e. The summed E-state index contributed by atoms with van der Waals surface area (Å²) in [6, 6.07) is 23.8. The molecule has 0 saturated carbocycles. The van der Waals surface area contributed by atoms with Crippen molar-refractivity contribution in [3.8, 4) is 17.2 Å². The first kappa shape index (κ1) is 26.7. The van der Waals surface area contributed by atoms with Crippen LogP contribution in [0, 0.1) is 5.92 Å². The van der Waals surface area contributed by atoms with Crippen LogP contribution in [0.2, 0.25) is 0 Å². The molecule has 1 spiro atoms. The average Bonchev–Trinajstić information content (AvgIpc) is 3.73. The lowest BCUT2D eigenvalue weighted by molar-refractivity contribution is -0.122. The van der Waals surface area contributed by atoms with Crippen LogP contribution in [-0.2, 0) is 10.2 Å². The molecule has 1 amide bonds. The van der Waals surface area contributed by atoms with Gasteiger partial charge in [-0.15, -0.1) is 0 Å². The number of nitrogens with zero attached hydrogens (tertiary/aromatic N) is 1. The Labute approximate surface area is 261 Å². The lowest BCUT2D eigenvalue weighted by Gasteiger charge is -2.38. The molecule has 0 unspecified atom stereocenters. The fourth-order valence-electron chi connectivity index (χ4n) is 7.39. The van der Waals surface area contributed by atoms with Crippen LogP contribution in [0.15, 0.2) is 95.6 Å². The summed E-state index contributed by atoms with van der Waals surface area (Å²) in [5.41, 5.74) is 2.43. The molecule has 4 aliphatic heterocycles. The quantitative estimate of drug-likeness (QED) is 0.259. The Bertz CT molecular complexity index is 1940. The molecule has 0 aromatic heterocycles. The summed E-state index contributed by atoms with van der Waals surface area (Å²) in [6.45, 7) is 0.0566. The van der Waals surface area contributed by atoms with Crippen molar-refractivity contribution in [1.29, 1.82) is 0 Å². The number of ether oxygens (including phenoxy) is 3. The second-order valence-electron chi connectivity index (χ2n) is 11.2. The number of Topliss-reactive ketones (excluding diaryl/α,β-unsaturated/α-hetero) is 2. The molecule has 1 N–H and O–H groups in total. The Balaban J connectivity index is 1.40. The van der Waals surface area contributed by atoms with Crippen molar-refractivity contribution in [1.82, 2.24) is 4.90 Å². The van der Waals surface area contributed by atoms with Gasteiger partial charge in [-0.05, 0) is 81.2 Å². The molecule has 44 heavy (non-hydrogen) atoms. The van der Waals surface area contributed by atoms with Gasteiger partial charge < -0.3 is 24.4 Å². The fraction of sp³-hybridized carbons (Fsp3) is 0.171. The zero-order chi connectivity index (χ0) is 30.2. The number of rotatable bonds is 5. The molecule has 4 atom stereocenters. The van der Waals surface area contributed by atoms with E-state index in [1.165, 1.54) is 0 Å². The molecule has 8 rings (SSSR count). The Kier molecular flexibility index (Phi) is 5.96. The van der Waals surface area contributed by atoms with Gasteiger partial charge in [0.25, 0.3) is 0 Å². The summed E-state index contributed by atoms with van der Waals surface area (Å²) in [7, 11) is 1.55. The minimum Gasteiger partial charge on any atom is -0.496 e. The van der Waals surface area contributed by atoms with Crippen molar-refractivity contribution in [2.24, 2.45) is 5.92 Å². The third-order valence-electron chi connectivity index (χ3n) is 9.21. The molecule has 9 heteroatoms. The SMILES string of the molecule is COc1ccc(C(=O)[C@@H]2[C@H](C(=O)c3ccc4c(c3)OCO4)[C@]3(C(=O)Nc4ccccc43)[C@H]3c4ccccc4C=CN23)cc1Br. The van der Waals surface area contributed by atoms with Crippen LogP contribution in [0.1, 0.15) is 43.4 Å². The Morgan fingerprint density at radius 2 is 1.68 bits per heavy atom. The highest BCUT2D eigenvalue weighted by atomic mass is 79.9. The zero-order valence-corrected chi connectivity index (χ0v) is 25.0. The molecular weight excluding hydrogens is 624 g/mol. The van der Waals surface area contributed by atoms with E-state index in [1.807, 2.05) is 65.7 Å². The number of nitrogens with one attached hydrogen (secondary N) is 1. The van der Waals surface area contributed by atoms with Gasteiger partial charge in [-0.2, -0.15) is 0 Å². The summed E-state index contributed by atoms with van der Waals surface area (Å²) in [5, 5.41) is 3.07. The summed E-state index contributed by atoms with van der Waals surface area (Å²) in [5.74, 6) is -0.464. The standard InChI is InChI=1S/C35H25BrN2O6/c1-42-26-12-10-20(16-24(26)36)32(40)30-29(31(39)21-11-13-27-28(17-21)44-18-43-27)35(23-8-4-5-9-25(23)37-34(35)41)33-22-7-3-2-6-19(22)14-15-38(30)33/h2-17,29-30,33H,18H2,1H3,(H,37,41)/t29-,30+,33-,35+/m1/s1. The van der Waals surface area contributed by atoms with Crippen LogP contribution in [0.3, 0.4) is 0 Å². The van der Waals surface area contributed by atoms with Gasteiger partial charge in [0.2, 0.25) is 12.7 Å². The summed E-state index contributed by atoms with van der Waals surface area (Å²) >= 11 is 3.51. The van der Waals surface area contributed by atoms with Gasteiger partial charge >= 0.3 is 0 Å². The summed E-state index contributed by atoms with van der Waals surface area (Å²) in [4.78, 5) is 46.3. The second kappa shape index (κ2) is 9.82. The maximum atomic E-state index is 15.0. The number of carbonyl (C=O) groups excluding carboxylic acids is 3. The fourth-order valence-corrected chi connectivity index (χ4v) is 7.93. The van der Waals surface area contributed by atoms with Gasteiger partial charge in [0, 0.05) is 23.0 Å². The highest BCUT2D eigenvalue weighted by Gasteiger charge is 2.70. The van der Waals surface area contributed by atoms with Crippen molar-refractivity contribution in [2.75, 3.05) is 19.2 Å². The molecule has 4 aromatic rings. The minimum atomic E-state index is -1.42. The van der Waals surface area contributed by atoms with Gasteiger partial charge in [-0.3, -0.25) is 14.4 Å². The smallest absolute Gasteiger partial charge is 0.238 e. The molecule has 0 radical (unpaired) electrons. The second-order valence-corrected chi connectivity index (χ2v) is 12.1. The van der Waals surface area contributed by atoms with E-state index in [0.717, 1.165) is 11.1 Å². The largest absolute Gasteiger partial charge is 0.496 e. The number of ketones is 2. The Morgan fingerprint density at radius 3 is 2.52 bits per heavy atom. The van der Waals surface area contributed by atoms with Gasteiger partial charge in [-0.25, -0.2) is 0 Å². The van der Waals surface area contributed by atoms with E-state index in [-0.39, 0.29) is 24.3 Å². The normalized spacial score (nSPS) is 23.6. The van der Waals surface area contributed by atoms with Gasteiger partial charge in [0.15, 0.2) is 23.1 Å². The lowest BCUT2D eigenvalue weighted by Crippen LogP contribution is -2.49. The number of benzene rings is 4. The van der Waals surface area contributed by atoms with Crippen molar-refractivity contribution < 1.29 is 28.6 Å². The summed E-state index contributed by atoms with van der Waals surface area (Å²) < 4.78 is 17.1. The van der Waals surface area contributed by atoms with Crippen molar-refractivity contribution >= 4 is 45.2 Å². The monoisotopic (exact) mass is 648 g/mol. The van der Waals surface area contributed by atoms with E-state index >= 15 is 4.79 Å². The van der Waals surface area contributed by atoms with Crippen molar-refractivity contribution in [3.63, 3.8) is 0 Å². The summed E-state index contributed by atoms with van der Waals surface area (Å²) in [6.07, 6.45) is 3.80. The van der Waals surface area contributed by atoms with Crippen molar-refractivity contribution in [3.05, 3.63) is 123 Å². The molecule has 4 aliphatic rings. The number of halogens is 1. The van der Waals surface area contributed by atoms with E-state index in [1.54, 1.807) is 43.5 Å². The highest BCUT2D eigenvalue weighted by molar-refractivity contribution is 9.10. The minimum absolute atomic E-state index is 0.0566. The lowest BCUT2D eigenvalue weighted by atomic mass is 9.62. The number of anilines is 1. The topological polar surface area (TPSA) is 94.2 Å². The predicted octanol–water partition coefficient (Wildman–Crippen LogP) is 6.17. The zero-order valence-electron chi connectivity index (χ0n) is 23.5. The molecule has 1 fully saturated rings. The van der Waals surface area contributed by atoms with Gasteiger partial charge in [-0.1, -0.05) is 42.5 Å². The van der Waals surface area contributed by atoms with E-state index in [9.17, 15) is 9.59 Å². The number of fused-ring (bicyclic) bond motifs is 7. The number of hydrogen-bond acceptors (Lipinski definition) is 7. The van der Waals surface area contributed by atoms with Crippen LogP contribution < -0.4 is 19.5 Å². The first-order valence-electron chi connectivity index (χ1n) is 14.2. The molecule has 1 saturated heterocycles. The highest BCUT2D eigenvalue weighted by Crippen LogP contribution is 2.62. The van der Waals surface area contributed by atoms with Crippen LogP contribution >= 0.6 is 15.9 Å². The average molecular weight is 649 g/mol. The van der Waals surface area contributed by atoms with Crippen molar-refractivity contribution in [2.45, 2.75) is 17.5 Å². The van der Waals surface area contributed by atoms with Crippen LogP contribution in [0.4, 0.5) is 5.69 Å². The van der Waals surface area contributed by atoms with Crippen LogP contribution in [0.25, 0.3) is 6.08 Å². The molecule has 0 aliphatic carbocycles. The number of methoxy groups -OCH3 is 1. The first-order valence-corrected chi connectivity index (χ1v) is 15.0. The van der Waals surface area contributed by atoms with E-state index in [0.29, 0.717) is 44.1 Å². The molecular formula is C35H25BrN2O6. The molecule has 4 heterocycles. The third-order valence-corrected chi connectivity index (χ3v) is 9.83. The van der Waals surface area contributed by atoms with Gasteiger partial charge in [0.05, 0.1) is 23.5 Å². The Morgan fingerprint density at radius 1 is 0.932 bits per heavy atom. The van der Waals surface area contributed by atoms with Crippen LogP contribution in [-0.4, -0.2) is 42.3 Å². The van der Waals surface area contributed by atoms with Crippen LogP contribution in [0.5, 0.6) is 17.2 Å². The third kappa shape index (κ3) is 3.59. The molecule has 218 valence electrons. The molecule has 0 bridgehead atoms. The first-order chi connectivity index (χ1) is 21.4. The number of hydrogen-bond donors (Lipinski definition) is 1. The van der Waals surface area contributed by atoms with E-state index in [4.69, 9.17) is 14.2 Å². The Hall–Kier alpha value is -4.89. The van der Waals surface area contributed by atoms with Gasteiger partial charge in [0.1, 0.15) is 17.2 Å². The van der Waals surface area contributed by atoms with E-state index < -0.39 is 23.4 Å². The molecule has 8 nitrogen and oxygen atoms in total. The number of para-hydroxylation sites is 1. The molecule has 4 aromatic carbocycles. The van der Waals surface area contributed by atoms with E-state index in [2.05, 4.69) is 21.2 Å². The number of carbonyl (C=O) groups is 3. The number of amides is 1.